The summed E-state index contributed by atoms with van der Waals surface area (Å²) in [5, 5.41) is 0. The zero-order valence-electron chi connectivity index (χ0n) is 7.96. The first kappa shape index (κ1) is 10.1. The monoisotopic (exact) mass is 305 g/mol. The summed E-state index contributed by atoms with van der Waals surface area (Å²) in [6.45, 7) is 3.48. The normalized spacial score (nSPS) is 21.4. The Kier molecular flexibility index (Phi) is 2.87. The van der Waals surface area contributed by atoms with Crippen LogP contribution < -0.4 is 5.73 Å². The number of hydrogen-bond donors (Lipinski definition) is 1. The quantitative estimate of drug-likeness (QED) is 0.798. The van der Waals surface area contributed by atoms with Gasteiger partial charge in [-0.05, 0) is 35.9 Å². The van der Waals surface area contributed by atoms with Crippen LogP contribution in [0.15, 0.2) is 0 Å². The van der Waals surface area contributed by atoms with Crippen molar-refractivity contribution in [1.82, 2.24) is 9.97 Å². The molecule has 1 aliphatic rings. The number of aryl methyl sites for hydroxylation is 1. The van der Waals surface area contributed by atoms with Crippen LogP contribution in [0, 0.1) is 10.5 Å². The zero-order valence-corrected chi connectivity index (χ0v) is 10.1. The van der Waals surface area contributed by atoms with Gasteiger partial charge in [0.2, 0.25) is 0 Å². The summed E-state index contributed by atoms with van der Waals surface area (Å²) in [6.07, 6.45) is 0.999. The highest BCUT2D eigenvalue weighted by molar-refractivity contribution is 14.1. The highest BCUT2D eigenvalue weighted by Crippen LogP contribution is 2.25. The van der Waals surface area contributed by atoms with Crippen LogP contribution >= 0.6 is 22.6 Å². The topological polar surface area (TPSA) is 61.0 Å². The number of ether oxygens (including phenoxy) is 1. The van der Waals surface area contributed by atoms with Crippen LogP contribution in [0.5, 0.6) is 0 Å². The van der Waals surface area contributed by atoms with Gasteiger partial charge in [0.1, 0.15) is 11.6 Å². The van der Waals surface area contributed by atoms with E-state index < -0.39 is 0 Å². The SMILES string of the molecule is Cc1nc(C2CCOC2)nc(N)c1I. The maximum atomic E-state index is 5.79. The highest BCUT2D eigenvalue weighted by atomic mass is 127. The number of halogens is 1. The lowest BCUT2D eigenvalue weighted by atomic mass is 10.1. The molecule has 0 saturated carbocycles. The number of anilines is 1. The fourth-order valence-electron chi connectivity index (χ4n) is 1.52. The van der Waals surface area contributed by atoms with E-state index in [9.17, 15) is 0 Å². The van der Waals surface area contributed by atoms with E-state index in [-0.39, 0.29) is 0 Å². The molecular weight excluding hydrogens is 293 g/mol. The Morgan fingerprint density at radius 2 is 2.29 bits per heavy atom. The van der Waals surface area contributed by atoms with E-state index in [2.05, 4.69) is 32.6 Å². The second-order valence-corrected chi connectivity index (χ2v) is 4.51. The predicted molar refractivity (Wildman–Crippen MR) is 62.1 cm³/mol. The predicted octanol–water partition coefficient (Wildman–Crippen LogP) is 1.48. The summed E-state index contributed by atoms with van der Waals surface area (Å²) in [5.74, 6) is 1.74. The molecule has 4 nitrogen and oxygen atoms in total. The van der Waals surface area contributed by atoms with Crippen molar-refractivity contribution < 1.29 is 4.74 Å². The Bertz CT molecular complexity index is 327. The van der Waals surface area contributed by atoms with E-state index in [1.807, 2.05) is 6.92 Å². The summed E-state index contributed by atoms with van der Waals surface area (Å²) in [5.41, 5.74) is 6.75. The van der Waals surface area contributed by atoms with Crippen LogP contribution in [0.3, 0.4) is 0 Å². The van der Waals surface area contributed by atoms with E-state index in [0.717, 1.165) is 34.7 Å². The molecule has 0 amide bonds. The minimum absolute atomic E-state index is 0.327. The second-order valence-electron chi connectivity index (χ2n) is 3.43. The summed E-state index contributed by atoms with van der Waals surface area (Å²) >= 11 is 2.17. The first-order chi connectivity index (χ1) is 6.68. The van der Waals surface area contributed by atoms with Crippen molar-refractivity contribution >= 4 is 28.4 Å². The number of nitrogens with two attached hydrogens (primary N) is 1. The number of nitrogens with zero attached hydrogens (tertiary/aromatic N) is 2. The van der Waals surface area contributed by atoms with E-state index >= 15 is 0 Å². The minimum Gasteiger partial charge on any atom is -0.383 e. The Balaban J connectivity index is 2.34. The molecule has 1 aromatic rings. The van der Waals surface area contributed by atoms with Gasteiger partial charge in [0, 0.05) is 12.5 Å². The molecule has 76 valence electrons. The van der Waals surface area contributed by atoms with Crippen molar-refractivity contribution in [2.75, 3.05) is 18.9 Å². The van der Waals surface area contributed by atoms with Gasteiger partial charge in [-0.3, -0.25) is 0 Å². The molecule has 0 radical (unpaired) electrons. The molecule has 1 aromatic heterocycles. The van der Waals surface area contributed by atoms with Gasteiger partial charge in [-0.15, -0.1) is 0 Å². The van der Waals surface area contributed by atoms with Crippen LogP contribution in [-0.4, -0.2) is 23.2 Å². The third-order valence-corrected chi connectivity index (χ3v) is 3.69. The van der Waals surface area contributed by atoms with Crippen molar-refractivity contribution in [2.45, 2.75) is 19.3 Å². The molecule has 0 aliphatic carbocycles. The molecule has 1 unspecified atom stereocenters. The lowest BCUT2D eigenvalue weighted by Crippen LogP contribution is -2.09. The van der Waals surface area contributed by atoms with Crippen LogP contribution in [0.4, 0.5) is 5.82 Å². The van der Waals surface area contributed by atoms with E-state index in [1.165, 1.54) is 0 Å². The lowest BCUT2D eigenvalue weighted by molar-refractivity contribution is 0.193. The Labute approximate surface area is 96.4 Å². The number of aromatic nitrogens is 2. The smallest absolute Gasteiger partial charge is 0.140 e. The van der Waals surface area contributed by atoms with Crippen molar-refractivity contribution in [3.63, 3.8) is 0 Å². The minimum atomic E-state index is 0.327. The number of hydrogen-bond acceptors (Lipinski definition) is 4. The maximum absolute atomic E-state index is 5.79. The van der Waals surface area contributed by atoms with Gasteiger partial charge in [-0.1, -0.05) is 0 Å². The number of rotatable bonds is 1. The Morgan fingerprint density at radius 1 is 1.50 bits per heavy atom. The molecule has 0 spiro atoms. The van der Waals surface area contributed by atoms with E-state index in [0.29, 0.717) is 11.7 Å². The number of nitrogen functional groups attached to an aromatic ring is 1. The van der Waals surface area contributed by atoms with E-state index in [1.54, 1.807) is 0 Å². The third-order valence-electron chi connectivity index (χ3n) is 2.35. The van der Waals surface area contributed by atoms with Gasteiger partial charge < -0.3 is 10.5 Å². The molecule has 5 heteroatoms. The maximum Gasteiger partial charge on any atom is 0.140 e. The molecule has 2 N–H and O–H groups in total. The summed E-state index contributed by atoms with van der Waals surface area (Å²) in [6, 6.07) is 0. The molecule has 1 aliphatic heterocycles. The first-order valence-electron chi connectivity index (χ1n) is 4.55. The van der Waals surface area contributed by atoms with Crippen LogP contribution in [0.25, 0.3) is 0 Å². The molecule has 2 rings (SSSR count). The zero-order chi connectivity index (χ0) is 10.1. The van der Waals surface area contributed by atoms with Crippen LogP contribution in [-0.2, 0) is 4.74 Å². The first-order valence-corrected chi connectivity index (χ1v) is 5.63. The Morgan fingerprint density at radius 3 is 2.86 bits per heavy atom. The second kappa shape index (κ2) is 3.98. The molecule has 1 fully saturated rings. The molecule has 14 heavy (non-hydrogen) atoms. The van der Waals surface area contributed by atoms with Crippen molar-refractivity contribution in [2.24, 2.45) is 0 Å². The van der Waals surface area contributed by atoms with Crippen LogP contribution in [0.2, 0.25) is 0 Å². The van der Waals surface area contributed by atoms with Crippen LogP contribution in [0.1, 0.15) is 23.9 Å². The molecular formula is C9H12IN3O. The van der Waals surface area contributed by atoms with Crippen molar-refractivity contribution in [3.05, 3.63) is 15.1 Å². The molecule has 2 heterocycles. The summed E-state index contributed by atoms with van der Waals surface area (Å²) in [4.78, 5) is 8.73. The standard InChI is InChI=1S/C9H12IN3O/c1-5-7(10)8(11)13-9(12-5)6-2-3-14-4-6/h6H,2-4H2,1H3,(H2,11,12,13). The summed E-state index contributed by atoms with van der Waals surface area (Å²) < 4.78 is 6.25. The molecule has 0 bridgehead atoms. The van der Waals surface area contributed by atoms with Crippen molar-refractivity contribution in [3.8, 4) is 0 Å². The van der Waals surface area contributed by atoms with Crippen molar-refractivity contribution in [1.29, 1.82) is 0 Å². The fraction of sp³-hybridized carbons (Fsp3) is 0.556. The van der Waals surface area contributed by atoms with Gasteiger partial charge in [-0.25, -0.2) is 9.97 Å². The molecule has 1 saturated heterocycles. The van der Waals surface area contributed by atoms with Gasteiger partial charge in [0.05, 0.1) is 15.9 Å². The average molecular weight is 305 g/mol. The van der Waals surface area contributed by atoms with Gasteiger partial charge >= 0.3 is 0 Å². The molecule has 1 atom stereocenters. The summed E-state index contributed by atoms with van der Waals surface area (Å²) in [7, 11) is 0. The average Bonchev–Trinajstić information content (AvgIpc) is 2.66. The fourth-order valence-corrected chi connectivity index (χ4v) is 1.77. The third kappa shape index (κ3) is 1.83. The highest BCUT2D eigenvalue weighted by Gasteiger charge is 2.21. The van der Waals surface area contributed by atoms with Gasteiger partial charge in [0.25, 0.3) is 0 Å². The van der Waals surface area contributed by atoms with Gasteiger partial charge in [0.15, 0.2) is 0 Å². The van der Waals surface area contributed by atoms with Gasteiger partial charge in [-0.2, -0.15) is 0 Å². The lowest BCUT2D eigenvalue weighted by Gasteiger charge is -2.09. The largest absolute Gasteiger partial charge is 0.383 e. The Hall–Kier alpha value is -0.430. The molecule has 0 aromatic carbocycles. The van der Waals surface area contributed by atoms with E-state index in [4.69, 9.17) is 10.5 Å².